The van der Waals surface area contributed by atoms with Gasteiger partial charge in [-0.2, -0.15) is 0 Å². The van der Waals surface area contributed by atoms with Crippen molar-refractivity contribution in [2.45, 2.75) is 17.7 Å². The number of ether oxygens (including phenoxy) is 1. The second kappa shape index (κ2) is 6.87. The number of aromatic nitrogens is 1. The number of rotatable bonds is 3. The highest BCUT2D eigenvalue weighted by Crippen LogP contribution is 2.36. The van der Waals surface area contributed by atoms with E-state index in [9.17, 15) is 17.6 Å². The van der Waals surface area contributed by atoms with E-state index in [0.29, 0.717) is 29.7 Å². The number of hydrogen-bond donors (Lipinski definition) is 0. The largest absolute Gasteiger partial charge is 0.465 e. The molecule has 0 fully saturated rings. The first kappa shape index (κ1) is 18.4. The summed E-state index contributed by atoms with van der Waals surface area (Å²) >= 11 is 0. The minimum atomic E-state index is -3.99. The van der Waals surface area contributed by atoms with Crippen molar-refractivity contribution in [2.24, 2.45) is 0 Å². The van der Waals surface area contributed by atoms with Crippen LogP contribution in [0.2, 0.25) is 0 Å². The molecule has 1 aromatic heterocycles. The lowest BCUT2D eigenvalue weighted by molar-refractivity contribution is 0.0599. The number of carbonyl (C=O) groups is 1. The van der Waals surface area contributed by atoms with Gasteiger partial charge in [-0.1, -0.05) is 6.07 Å². The molecule has 3 aromatic rings. The first-order valence-corrected chi connectivity index (χ1v) is 10.2. The Kier molecular flexibility index (Phi) is 4.50. The molecule has 0 spiro atoms. The first-order valence-electron chi connectivity index (χ1n) is 8.71. The van der Waals surface area contributed by atoms with Crippen molar-refractivity contribution in [3.8, 4) is 0 Å². The number of fused-ring (bicyclic) bond motifs is 2. The summed E-state index contributed by atoms with van der Waals surface area (Å²) in [4.78, 5) is 16.0. The average Bonchev–Trinajstić information content (AvgIpc) is 2.72. The number of anilines is 1. The lowest BCUT2D eigenvalue weighted by Crippen LogP contribution is -2.36. The van der Waals surface area contributed by atoms with Crippen LogP contribution in [0.3, 0.4) is 0 Å². The Morgan fingerprint density at radius 1 is 1.18 bits per heavy atom. The topological polar surface area (TPSA) is 76.6 Å². The van der Waals surface area contributed by atoms with Crippen LogP contribution in [0.1, 0.15) is 22.3 Å². The lowest BCUT2D eigenvalue weighted by atomic mass is 9.98. The highest BCUT2D eigenvalue weighted by Gasteiger charge is 2.32. The van der Waals surface area contributed by atoms with E-state index in [1.807, 2.05) is 0 Å². The van der Waals surface area contributed by atoms with Crippen LogP contribution >= 0.6 is 0 Å². The van der Waals surface area contributed by atoms with Gasteiger partial charge >= 0.3 is 5.97 Å². The molecule has 0 aliphatic carbocycles. The number of pyridine rings is 1. The molecule has 6 nitrogen and oxygen atoms in total. The van der Waals surface area contributed by atoms with E-state index in [-0.39, 0.29) is 22.3 Å². The van der Waals surface area contributed by atoms with Crippen LogP contribution in [0, 0.1) is 5.82 Å². The van der Waals surface area contributed by atoms with E-state index >= 15 is 0 Å². The molecule has 8 heteroatoms. The van der Waals surface area contributed by atoms with Crippen LogP contribution < -0.4 is 4.31 Å². The zero-order valence-electron chi connectivity index (χ0n) is 15.1. The Morgan fingerprint density at radius 3 is 2.79 bits per heavy atom. The molecule has 0 amide bonds. The van der Waals surface area contributed by atoms with Crippen molar-refractivity contribution >= 4 is 32.6 Å². The predicted molar refractivity (Wildman–Crippen MR) is 102 cm³/mol. The van der Waals surface area contributed by atoms with Crippen LogP contribution in [0.15, 0.2) is 53.6 Å². The monoisotopic (exact) mass is 400 g/mol. The van der Waals surface area contributed by atoms with Gasteiger partial charge in [0.2, 0.25) is 0 Å². The normalized spacial score (nSPS) is 14.0. The summed E-state index contributed by atoms with van der Waals surface area (Å²) in [5.74, 6) is -1.09. The molecule has 4 rings (SSSR count). The zero-order chi connectivity index (χ0) is 19.9. The van der Waals surface area contributed by atoms with Crippen molar-refractivity contribution < 1.29 is 22.3 Å². The van der Waals surface area contributed by atoms with E-state index in [2.05, 4.69) is 4.98 Å². The molecular weight excluding hydrogens is 383 g/mol. The van der Waals surface area contributed by atoms with Crippen molar-refractivity contribution in [1.82, 2.24) is 4.98 Å². The number of esters is 1. The summed E-state index contributed by atoms with van der Waals surface area (Å²) in [5, 5.41) is 0.221. The second-order valence-corrected chi connectivity index (χ2v) is 8.25. The van der Waals surface area contributed by atoms with Gasteiger partial charge < -0.3 is 4.74 Å². The first-order chi connectivity index (χ1) is 13.4. The Hall–Kier alpha value is -3.00. The third kappa shape index (κ3) is 2.80. The fourth-order valence-electron chi connectivity index (χ4n) is 3.60. The second-order valence-electron chi connectivity index (χ2n) is 6.42. The Morgan fingerprint density at radius 2 is 2.00 bits per heavy atom. The van der Waals surface area contributed by atoms with Crippen molar-refractivity contribution in [1.29, 1.82) is 0 Å². The van der Waals surface area contributed by atoms with Crippen LogP contribution in [-0.2, 0) is 21.2 Å². The highest BCUT2D eigenvalue weighted by molar-refractivity contribution is 7.93. The van der Waals surface area contributed by atoms with E-state index in [0.717, 1.165) is 6.07 Å². The molecule has 2 aromatic carbocycles. The van der Waals surface area contributed by atoms with Crippen LogP contribution in [0.4, 0.5) is 10.1 Å². The molecule has 0 N–H and O–H groups in total. The molecule has 144 valence electrons. The van der Waals surface area contributed by atoms with Gasteiger partial charge in [0.05, 0.1) is 23.3 Å². The van der Waals surface area contributed by atoms with Crippen LogP contribution in [-0.4, -0.2) is 33.0 Å². The van der Waals surface area contributed by atoms with Crippen LogP contribution in [0.25, 0.3) is 10.9 Å². The van der Waals surface area contributed by atoms with Crippen molar-refractivity contribution in [3.05, 3.63) is 65.6 Å². The van der Waals surface area contributed by atoms with E-state index in [1.165, 1.54) is 29.7 Å². The molecule has 0 radical (unpaired) electrons. The summed E-state index contributed by atoms with van der Waals surface area (Å²) in [6.07, 6.45) is 2.54. The van der Waals surface area contributed by atoms with E-state index in [4.69, 9.17) is 4.74 Å². The maximum atomic E-state index is 14.1. The third-order valence-electron chi connectivity index (χ3n) is 4.86. The Labute approximate surface area is 161 Å². The summed E-state index contributed by atoms with van der Waals surface area (Å²) in [6, 6.07) is 10.4. The maximum Gasteiger partial charge on any atom is 0.338 e. The van der Waals surface area contributed by atoms with Crippen molar-refractivity contribution in [2.75, 3.05) is 18.0 Å². The summed E-state index contributed by atoms with van der Waals surface area (Å²) in [6.45, 7) is 0.263. The van der Waals surface area contributed by atoms with Gasteiger partial charge in [-0.05, 0) is 54.8 Å². The minimum absolute atomic E-state index is 0.00381. The molecular formula is C20H17FN2O4S. The van der Waals surface area contributed by atoms with Gasteiger partial charge in [0, 0.05) is 18.1 Å². The number of hydrogen-bond acceptors (Lipinski definition) is 5. The molecule has 0 saturated heterocycles. The molecule has 2 heterocycles. The summed E-state index contributed by atoms with van der Waals surface area (Å²) in [7, 11) is -2.71. The molecule has 0 saturated carbocycles. The Bertz CT molecular complexity index is 1190. The number of benzene rings is 2. The van der Waals surface area contributed by atoms with Gasteiger partial charge in [-0.25, -0.2) is 17.6 Å². The SMILES string of the molecule is COC(=O)c1cccc2c1CCCN2S(=O)(=O)c1ccc(F)c2ncccc12. The number of sulfonamides is 1. The lowest BCUT2D eigenvalue weighted by Gasteiger charge is -2.31. The van der Waals surface area contributed by atoms with Gasteiger partial charge in [-0.15, -0.1) is 0 Å². The summed E-state index contributed by atoms with van der Waals surface area (Å²) < 4.78 is 47.2. The van der Waals surface area contributed by atoms with Gasteiger partial charge in [0.1, 0.15) is 11.3 Å². The molecule has 1 aliphatic rings. The maximum absolute atomic E-state index is 14.1. The fourth-order valence-corrected chi connectivity index (χ4v) is 5.32. The minimum Gasteiger partial charge on any atom is -0.465 e. The Balaban J connectivity index is 1.90. The number of halogens is 1. The van der Waals surface area contributed by atoms with Gasteiger partial charge in [0.15, 0.2) is 0 Å². The quantitative estimate of drug-likeness (QED) is 0.631. The standard InChI is InChI=1S/C20H17FN2O4S/c1-27-20(24)14-5-2-8-17-13(14)7-4-12-23(17)28(25,26)18-10-9-16(21)19-15(18)6-3-11-22-19/h2-3,5-6,8-11H,4,7,12H2,1H3. The molecule has 1 aliphatic heterocycles. The van der Waals surface area contributed by atoms with E-state index in [1.54, 1.807) is 24.3 Å². The van der Waals surface area contributed by atoms with Gasteiger partial charge in [-0.3, -0.25) is 9.29 Å². The predicted octanol–water partition coefficient (Wildman–Crippen LogP) is 3.30. The zero-order valence-corrected chi connectivity index (χ0v) is 15.9. The van der Waals surface area contributed by atoms with E-state index < -0.39 is 21.8 Å². The summed E-state index contributed by atoms with van der Waals surface area (Å²) in [5.41, 5.74) is 1.43. The number of methoxy groups -OCH3 is 1. The highest BCUT2D eigenvalue weighted by atomic mass is 32.2. The van der Waals surface area contributed by atoms with Gasteiger partial charge in [0.25, 0.3) is 10.0 Å². The molecule has 28 heavy (non-hydrogen) atoms. The fraction of sp³-hybridized carbons (Fsp3) is 0.200. The average molecular weight is 400 g/mol. The number of carbonyl (C=O) groups excluding carboxylic acids is 1. The van der Waals surface area contributed by atoms with Crippen LogP contribution in [0.5, 0.6) is 0 Å². The molecule has 0 atom stereocenters. The smallest absolute Gasteiger partial charge is 0.338 e. The molecule has 0 unspecified atom stereocenters. The third-order valence-corrected chi connectivity index (χ3v) is 6.73. The number of nitrogens with zero attached hydrogens (tertiary/aromatic N) is 2. The van der Waals surface area contributed by atoms with Crippen molar-refractivity contribution in [3.63, 3.8) is 0 Å². The molecule has 0 bridgehead atoms.